The first-order chi connectivity index (χ1) is 10.6. The average Bonchev–Trinajstić information content (AvgIpc) is 2.46. The zero-order chi connectivity index (χ0) is 17.9. The third kappa shape index (κ3) is 12.4. The largest absolute Gasteiger partial charge is 0.455 e. The molecule has 2 atom stereocenters. The fourth-order valence-electron chi connectivity index (χ4n) is 2.38. The molecule has 0 aliphatic rings. The Morgan fingerprint density at radius 2 is 1.09 bits per heavy atom. The van der Waals surface area contributed by atoms with Gasteiger partial charge in [0.05, 0.1) is 0 Å². The van der Waals surface area contributed by atoms with E-state index in [0.717, 1.165) is 24.9 Å². The first kappa shape index (κ1) is 22.4. The van der Waals surface area contributed by atoms with Crippen LogP contribution in [-0.4, -0.2) is 16.6 Å². The molecule has 0 fully saturated rings. The maximum absolute atomic E-state index is 6.63. The molecule has 0 N–H and O–H groups in total. The highest BCUT2D eigenvalue weighted by Gasteiger charge is 2.31. The van der Waals surface area contributed by atoms with Crippen LogP contribution in [0.2, 0.25) is 38.3 Å². The van der Waals surface area contributed by atoms with Gasteiger partial charge in [0.1, 0.15) is 0 Å². The van der Waals surface area contributed by atoms with Crippen molar-refractivity contribution in [1.82, 2.24) is 0 Å². The lowest BCUT2D eigenvalue weighted by molar-refractivity contribution is 0.548. The normalized spacial score (nSPS) is 15.9. The van der Waals surface area contributed by atoms with Crippen LogP contribution in [0.3, 0.4) is 0 Å². The molecule has 2 unspecified atom stereocenters. The van der Waals surface area contributed by atoms with Crippen molar-refractivity contribution >= 4 is 16.6 Å². The topological polar surface area (TPSA) is 9.23 Å². The monoisotopic (exact) mass is 350 g/mol. The van der Waals surface area contributed by atoms with E-state index in [1.54, 1.807) is 0 Å². The first-order valence-electron chi connectivity index (χ1n) is 8.87. The molecule has 0 aromatic heterocycles. The fourth-order valence-corrected chi connectivity index (χ4v) is 10.5. The Kier molecular flexibility index (Phi) is 10.7. The summed E-state index contributed by atoms with van der Waals surface area (Å²) in [6.45, 7) is 21.4. The van der Waals surface area contributed by atoms with Gasteiger partial charge < -0.3 is 4.12 Å². The maximum atomic E-state index is 6.63. The van der Waals surface area contributed by atoms with Crippen molar-refractivity contribution in [3.63, 3.8) is 0 Å². The van der Waals surface area contributed by atoms with Gasteiger partial charge in [0.25, 0.3) is 0 Å². The Bertz CT molecular complexity index is 370. The lowest BCUT2D eigenvalue weighted by atomic mass is 10.1. The predicted molar refractivity (Wildman–Crippen MR) is 112 cm³/mol. The molecule has 0 aromatic rings. The lowest BCUT2D eigenvalue weighted by Crippen LogP contribution is -2.43. The van der Waals surface area contributed by atoms with Crippen molar-refractivity contribution < 1.29 is 4.12 Å². The minimum absolute atomic E-state index is 0.561. The summed E-state index contributed by atoms with van der Waals surface area (Å²) in [5, 5.41) is 0. The molecule has 1 nitrogen and oxygen atoms in total. The van der Waals surface area contributed by atoms with E-state index in [0.29, 0.717) is 11.8 Å². The SMILES string of the molecule is C=CC(C)C/C=C\C[Si](C)(C)O[Si](C)(C)C/C=C\CC(C)C=C. The zero-order valence-corrected chi connectivity index (χ0v) is 18.3. The van der Waals surface area contributed by atoms with E-state index < -0.39 is 16.6 Å². The van der Waals surface area contributed by atoms with Gasteiger partial charge in [-0.15, -0.1) is 13.2 Å². The van der Waals surface area contributed by atoms with Gasteiger partial charge in [-0.1, -0.05) is 50.3 Å². The van der Waals surface area contributed by atoms with Gasteiger partial charge in [0.2, 0.25) is 0 Å². The van der Waals surface area contributed by atoms with Crippen LogP contribution in [0.25, 0.3) is 0 Å². The number of hydrogen-bond donors (Lipinski definition) is 0. The molecule has 0 amide bonds. The van der Waals surface area contributed by atoms with E-state index in [1.807, 2.05) is 12.2 Å². The number of rotatable bonds is 12. The fraction of sp³-hybridized carbons (Fsp3) is 0.600. The zero-order valence-electron chi connectivity index (χ0n) is 16.3. The number of hydrogen-bond acceptors (Lipinski definition) is 1. The molecule has 3 heteroatoms. The summed E-state index contributed by atoms with van der Waals surface area (Å²) in [4.78, 5) is 0. The summed E-state index contributed by atoms with van der Waals surface area (Å²) < 4.78 is 6.63. The Morgan fingerprint density at radius 3 is 1.39 bits per heavy atom. The Hall–Kier alpha value is -0.646. The van der Waals surface area contributed by atoms with E-state index in [-0.39, 0.29) is 0 Å². The first-order valence-corrected chi connectivity index (χ1v) is 15.1. The second kappa shape index (κ2) is 11.0. The summed E-state index contributed by atoms with van der Waals surface area (Å²) in [7, 11) is -3.22. The van der Waals surface area contributed by atoms with Crippen LogP contribution in [0.1, 0.15) is 26.7 Å². The average molecular weight is 351 g/mol. The van der Waals surface area contributed by atoms with E-state index in [2.05, 4.69) is 77.5 Å². The Balaban J connectivity index is 4.33. The standard InChI is InChI=1S/C20H38OSi2/c1-9-19(3)15-11-13-17-22(5,6)21-23(7,8)18-14-12-16-20(4)10-2/h9-14,19-20H,1-2,15-18H2,3-8H3/b13-11-,14-12-. The van der Waals surface area contributed by atoms with Gasteiger partial charge in [0.15, 0.2) is 16.6 Å². The van der Waals surface area contributed by atoms with Crippen LogP contribution >= 0.6 is 0 Å². The van der Waals surface area contributed by atoms with Gasteiger partial charge in [-0.2, -0.15) is 0 Å². The summed E-state index contributed by atoms with van der Waals surface area (Å²) in [5.41, 5.74) is 0. The second-order valence-electron chi connectivity index (χ2n) is 7.87. The molecule has 0 bridgehead atoms. The van der Waals surface area contributed by atoms with Gasteiger partial charge in [-0.25, -0.2) is 0 Å². The quantitative estimate of drug-likeness (QED) is 0.273. The van der Waals surface area contributed by atoms with E-state index in [1.165, 1.54) is 0 Å². The number of allylic oxidation sites excluding steroid dienone is 6. The van der Waals surface area contributed by atoms with Crippen molar-refractivity contribution in [3.8, 4) is 0 Å². The van der Waals surface area contributed by atoms with Gasteiger partial charge in [-0.05, 0) is 63.0 Å². The third-order valence-corrected chi connectivity index (χ3v) is 10.8. The Morgan fingerprint density at radius 1 is 0.739 bits per heavy atom. The molecule has 0 saturated heterocycles. The molecule has 0 spiro atoms. The predicted octanol–water partition coefficient (Wildman–Crippen LogP) is 6.95. The highest BCUT2D eigenvalue weighted by molar-refractivity contribution is 6.85. The van der Waals surface area contributed by atoms with Crippen LogP contribution in [0.15, 0.2) is 49.6 Å². The molecular formula is C20H38OSi2. The van der Waals surface area contributed by atoms with E-state index in [9.17, 15) is 0 Å². The molecule has 0 aliphatic carbocycles. The molecule has 23 heavy (non-hydrogen) atoms. The van der Waals surface area contributed by atoms with Gasteiger partial charge in [0, 0.05) is 0 Å². The third-order valence-electron chi connectivity index (χ3n) is 3.93. The van der Waals surface area contributed by atoms with Crippen LogP contribution in [0, 0.1) is 11.8 Å². The van der Waals surface area contributed by atoms with E-state index >= 15 is 0 Å². The smallest absolute Gasteiger partial charge is 0.177 e. The highest BCUT2D eigenvalue weighted by atomic mass is 28.4. The second-order valence-corrected chi connectivity index (χ2v) is 16.5. The van der Waals surface area contributed by atoms with Crippen molar-refractivity contribution in [2.24, 2.45) is 11.8 Å². The minimum atomic E-state index is -1.61. The molecule has 0 heterocycles. The summed E-state index contributed by atoms with van der Waals surface area (Å²) in [6.07, 6.45) is 15.4. The molecule has 0 rings (SSSR count). The van der Waals surface area contributed by atoms with Crippen molar-refractivity contribution in [1.29, 1.82) is 0 Å². The summed E-state index contributed by atoms with van der Waals surface area (Å²) in [5.74, 6) is 1.12. The van der Waals surface area contributed by atoms with Crippen LogP contribution < -0.4 is 0 Å². The molecule has 0 aliphatic heterocycles. The lowest BCUT2D eigenvalue weighted by Gasteiger charge is -2.33. The van der Waals surface area contributed by atoms with Crippen molar-refractivity contribution in [2.45, 2.75) is 65.0 Å². The van der Waals surface area contributed by atoms with Crippen LogP contribution in [0.5, 0.6) is 0 Å². The summed E-state index contributed by atoms with van der Waals surface area (Å²) in [6, 6.07) is 2.20. The van der Waals surface area contributed by atoms with Crippen LogP contribution in [0.4, 0.5) is 0 Å². The molecule has 0 saturated carbocycles. The molecule has 132 valence electrons. The molecule has 0 aromatic carbocycles. The highest BCUT2D eigenvalue weighted by Crippen LogP contribution is 2.22. The molecular weight excluding hydrogens is 312 g/mol. The van der Waals surface area contributed by atoms with Gasteiger partial charge >= 0.3 is 0 Å². The van der Waals surface area contributed by atoms with Crippen LogP contribution in [-0.2, 0) is 4.12 Å². The van der Waals surface area contributed by atoms with Gasteiger partial charge in [-0.3, -0.25) is 0 Å². The Labute approximate surface area is 147 Å². The summed E-state index contributed by atoms with van der Waals surface area (Å²) >= 11 is 0. The van der Waals surface area contributed by atoms with E-state index in [4.69, 9.17) is 4.12 Å². The van der Waals surface area contributed by atoms with Crippen molar-refractivity contribution in [3.05, 3.63) is 49.6 Å². The van der Waals surface area contributed by atoms with Crippen molar-refractivity contribution in [2.75, 3.05) is 0 Å². The minimum Gasteiger partial charge on any atom is -0.455 e. The molecule has 0 radical (unpaired) electrons. The maximum Gasteiger partial charge on any atom is 0.177 e.